The lowest BCUT2D eigenvalue weighted by Crippen LogP contribution is -2.35. The first-order valence-corrected chi connectivity index (χ1v) is 10.6. The SMILES string of the molecule is COc1cccc(-c2nc(-c3ccc(S(=O)(=O)N4CCCCC4)cc3)no2)c1. The summed E-state index contributed by atoms with van der Waals surface area (Å²) in [5.74, 6) is 1.48. The maximum Gasteiger partial charge on any atom is 0.258 e. The summed E-state index contributed by atoms with van der Waals surface area (Å²) in [5.41, 5.74) is 1.44. The summed E-state index contributed by atoms with van der Waals surface area (Å²) in [7, 11) is -1.86. The van der Waals surface area contributed by atoms with Gasteiger partial charge in [-0.3, -0.25) is 0 Å². The second-order valence-electron chi connectivity index (χ2n) is 6.64. The van der Waals surface area contributed by atoms with Gasteiger partial charge in [-0.1, -0.05) is 17.6 Å². The van der Waals surface area contributed by atoms with Crippen molar-refractivity contribution in [2.45, 2.75) is 24.2 Å². The molecule has 8 heteroatoms. The maximum atomic E-state index is 12.7. The summed E-state index contributed by atoms with van der Waals surface area (Å²) in [6.45, 7) is 1.16. The Kier molecular flexibility index (Phi) is 5.15. The van der Waals surface area contributed by atoms with Crippen LogP contribution in [0.4, 0.5) is 0 Å². The molecule has 2 heterocycles. The van der Waals surface area contributed by atoms with Crippen molar-refractivity contribution >= 4 is 10.0 Å². The lowest BCUT2D eigenvalue weighted by molar-refractivity contribution is 0.346. The van der Waals surface area contributed by atoms with E-state index < -0.39 is 10.0 Å². The van der Waals surface area contributed by atoms with Crippen LogP contribution in [0.1, 0.15) is 19.3 Å². The highest BCUT2D eigenvalue weighted by atomic mass is 32.2. The van der Waals surface area contributed by atoms with Crippen LogP contribution >= 0.6 is 0 Å². The van der Waals surface area contributed by atoms with Gasteiger partial charge in [0, 0.05) is 24.2 Å². The zero-order valence-corrected chi connectivity index (χ0v) is 16.4. The van der Waals surface area contributed by atoms with E-state index >= 15 is 0 Å². The van der Waals surface area contributed by atoms with Crippen LogP contribution in [0.25, 0.3) is 22.8 Å². The van der Waals surface area contributed by atoms with Crippen molar-refractivity contribution in [3.8, 4) is 28.6 Å². The van der Waals surface area contributed by atoms with Gasteiger partial charge >= 0.3 is 0 Å². The zero-order valence-electron chi connectivity index (χ0n) is 15.5. The molecule has 1 aliphatic rings. The third-order valence-corrected chi connectivity index (χ3v) is 6.72. The predicted octanol–water partition coefficient (Wildman–Crippen LogP) is 3.59. The number of rotatable bonds is 5. The highest BCUT2D eigenvalue weighted by molar-refractivity contribution is 7.89. The number of piperidine rings is 1. The molecular formula is C20H21N3O4S. The Morgan fingerprint density at radius 3 is 2.46 bits per heavy atom. The minimum atomic E-state index is -3.45. The van der Waals surface area contributed by atoms with Gasteiger partial charge < -0.3 is 9.26 Å². The number of ether oxygens (including phenoxy) is 1. The number of hydrogen-bond donors (Lipinski definition) is 0. The molecule has 0 spiro atoms. The molecule has 0 atom stereocenters. The van der Waals surface area contributed by atoms with E-state index in [-0.39, 0.29) is 4.90 Å². The van der Waals surface area contributed by atoms with E-state index in [1.54, 1.807) is 35.7 Å². The molecule has 1 aromatic heterocycles. The first-order valence-electron chi connectivity index (χ1n) is 9.17. The first kappa shape index (κ1) is 18.6. The van der Waals surface area contributed by atoms with Crippen molar-refractivity contribution in [3.05, 3.63) is 48.5 Å². The van der Waals surface area contributed by atoms with Gasteiger partial charge in [0.25, 0.3) is 5.89 Å². The quantitative estimate of drug-likeness (QED) is 0.652. The van der Waals surface area contributed by atoms with Gasteiger partial charge in [-0.25, -0.2) is 8.42 Å². The molecule has 0 amide bonds. The second kappa shape index (κ2) is 7.73. The standard InChI is InChI=1S/C20H21N3O4S/c1-26-17-7-5-6-16(14-17)20-21-19(22-27-20)15-8-10-18(11-9-15)28(24,25)23-12-3-2-4-13-23/h5-11,14H,2-4,12-13H2,1H3. The van der Waals surface area contributed by atoms with Crippen molar-refractivity contribution in [2.75, 3.05) is 20.2 Å². The fraction of sp³-hybridized carbons (Fsp3) is 0.300. The fourth-order valence-electron chi connectivity index (χ4n) is 3.24. The molecule has 3 aromatic rings. The summed E-state index contributed by atoms with van der Waals surface area (Å²) in [4.78, 5) is 4.70. The molecule has 1 saturated heterocycles. The van der Waals surface area contributed by atoms with Crippen molar-refractivity contribution in [1.82, 2.24) is 14.4 Å². The first-order chi connectivity index (χ1) is 13.6. The van der Waals surface area contributed by atoms with Crippen molar-refractivity contribution in [2.24, 2.45) is 0 Å². The van der Waals surface area contributed by atoms with Gasteiger partial charge in [0.2, 0.25) is 15.8 Å². The van der Waals surface area contributed by atoms with Crippen LogP contribution in [0.2, 0.25) is 0 Å². The fourth-order valence-corrected chi connectivity index (χ4v) is 4.76. The van der Waals surface area contributed by atoms with Crippen LogP contribution in [-0.2, 0) is 10.0 Å². The highest BCUT2D eigenvalue weighted by Gasteiger charge is 2.26. The maximum absolute atomic E-state index is 12.7. The molecule has 0 N–H and O–H groups in total. The van der Waals surface area contributed by atoms with E-state index in [0.717, 1.165) is 24.8 Å². The summed E-state index contributed by atoms with van der Waals surface area (Å²) in [6.07, 6.45) is 2.90. The molecule has 146 valence electrons. The third kappa shape index (κ3) is 3.65. The van der Waals surface area contributed by atoms with Crippen molar-refractivity contribution in [1.29, 1.82) is 0 Å². The van der Waals surface area contributed by atoms with Gasteiger partial charge in [-0.05, 0) is 55.3 Å². The molecule has 2 aromatic carbocycles. The number of sulfonamides is 1. The summed E-state index contributed by atoms with van der Waals surface area (Å²) < 4.78 is 37.6. The average Bonchev–Trinajstić information content (AvgIpc) is 3.25. The minimum absolute atomic E-state index is 0.287. The van der Waals surface area contributed by atoms with Crippen LogP contribution in [-0.4, -0.2) is 43.1 Å². The smallest absolute Gasteiger partial charge is 0.258 e. The van der Waals surface area contributed by atoms with Crippen LogP contribution in [0, 0.1) is 0 Å². The molecule has 7 nitrogen and oxygen atoms in total. The van der Waals surface area contributed by atoms with Gasteiger partial charge in [0.1, 0.15) is 5.75 Å². The van der Waals surface area contributed by atoms with Gasteiger partial charge in [-0.15, -0.1) is 0 Å². The Labute approximate surface area is 164 Å². The zero-order chi connectivity index (χ0) is 19.6. The summed E-state index contributed by atoms with van der Waals surface area (Å²) in [5, 5.41) is 4.01. The van der Waals surface area contributed by atoms with E-state index in [4.69, 9.17) is 9.26 Å². The Bertz CT molecular complexity index is 1060. The Morgan fingerprint density at radius 2 is 1.75 bits per heavy atom. The second-order valence-corrected chi connectivity index (χ2v) is 8.58. The molecule has 0 bridgehead atoms. The minimum Gasteiger partial charge on any atom is -0.497 e. The number of aromatic nitrogens is 2. The topological polar surface area (TPSA) is 85.5 Å². The summed E-state index contributed by atoms with van der Waals surface area (Å²) in [6, 6.07) is 14.0. The average molecular weight is 399 g/mol. The van der Waals surface area contributed by atoms with Gasteiger partial charge in [-0.2, -0.15) is 9.29 Å². The van der Waals surface area contributed by atoms with Crippen LogP contribution in [0.15, 0.2) is 57.9 Å². The highest BCUT2D eigenvalue weighted by Crippen LogP contribution is 2.27. The van der Waals surface area contributed by atoms with Gasteiger partial charge in [0.05, 0.1) is 12.0 Å². The van der Waals surface area contributed by atoms with Gasteiger partial charge in [0.15, 0.2) is 0 Å². The van der Waals surface area contributed by atoms with E-state index in [0.29, 0.717) is 36.1 Å². The molecule has 1 aliphatic heterocycles. The normalized spacial score (nSPS) is 15.5. The molecular weight excluding hydrogens is 378 g/mol. The van der Waals surface area contributed by atoms with E-state index in [1.165, 1.54) is 0 Å². The summed E-state index contributed by atoms with van der Waals surface area (Å²) >= 11 is 0. The Morgan fingerprint density at radius 1 is 1.00 bits per heavy atom. The molecule has 1 fully saturated rings. The van der Waals surface area contributed by atoms with Crippen LogP contribution < -0.4 is 4.74 Å². The van der Waals surface area contributed by atoms with E-state index in [2.05, 4.69) is 10.1 Å². The molecule has 28 heavy (non-hydrogen) atoms. The lowest BCUT2D eigenvalue weighted by atomic mass is 10.2. The van der Waals surface area contributed by atoms with Crippen molar-refractivity contribution in [3.63, 3.8) is 0 Å². The van der Waals surface area contributed by atoms with Crippen molar-refractivity contribution < 1.29 is 17.7 Å². The number of hydrogen-bond acceptors (Lipinski definition) is 6. The lowest BCUT2D eigenvalue weighted by Gasteiger charge is -2.25. The molecule has 4 rings (SSSR count). The molecule has 0 radical (unpaired) electrons. The molecule has 0 saturated carbocycles. The van der Waals surface area contributed by atoms with Crippen LogP contribution in [0.3, 0.4) is 0 Å². The number of methoxy groups -OCH3 is 1. The Hall–Kier alpha value is -2.71. The monoisotopic (exact) mass is 399 g/mol. The Balaban J connectivity index is 1.57. The largest absolute Gasteiger partial charge is 0.497 e. The van der Waals surface area contributed by atoms with E-state index in [9.17, 15) is 8.42 Å². The molecule has 0 aliphatic carbocycles. The number of benzene rings is 2. The molecule has 0 unspecified atom stereocenters. The van der Waals surface area contributed by atoms with E-state index in [1.807, 2.05) is 24.3 Å². The van der Waals surface area contributed by atoms with Crippen LogP contribution in [0.5, 0.6) is 5.75 Å². The number of nitrogens with zero attached hydrogens (tertiary/aromatic N) is 3. The third-order valence-electron chi connectivity index (χ3n) is 4.81. The predicted molar refractivity (Wildman–Crippen MR) is 104 cm³/mol.